The molecule has 1 aliphatic rings. The SMILES string of the molecule is COC(=O)c1cc(OC)c(OC)cc1NC(=O)C(C)C1CCC1. The summed E-state index contributed by atoms with van der Waals surface area (Å²) in [6, 6.07) is 3.09. The van der Waals surface area contributed by atoms with Crippen molar-refractivity contribution >= 4 is 17.6 Å². The van der Waals surface area contributed by atoms with Crippen molar-refractivity contribution in [3.05, 3.63) is 17.7 Å². The van der Waals surface area contributed by atoms with Crippen LogP contribution in [-0.2, 0) is 9.53 Å². The summed E-state index contributed by atoms with van der Waals surface area (Å²) < 4.78 is 15.2. The third kappa shape index (κ3) is 3.57. The smallest absolute Gasteiger partial charge is 0.340 e. The van der Waals surface area contributed by atoms with Crippen molar-refractivity contribution in [2.45, 2.75) is 26.2 Å². The average molecular weight is 321 g/mol. The largest absolute Gasteiger partial charge is 0.493 e. The van der Waals surface area contributed by atoms with Gasteiger partial charge in [0.25, 0.3) is 0 Å². The molecule has 6 nitrogen and oxygen atoms in total. The van der Waals surface area contributed by atoms with Gasteiger partial charge in [-0.2, -0.15) is 0 Å². The van der Waals surface area contributed by atoms with E-state index in [-0.39, 0.29) is 17.4 Å². The standard InChI is InChI=1S/C17H23NO5/c1-10(11-6-5-7-11)16(19)18-13-9-15(22-3)14(21-2)8-12(13)17(20)23-4/h8-11H,5-7H2,1-4H3,(H,18,19). The number of benzene rings is 1. The van der Waals surface area contributed by atoms with Gasteiger partial charge in [-0.3, -0.25) is 4.79 Å². The van der Waals surface area contributed by atoms with Gasteiger partial charge in [0.1, 0.15) is 0 Å². The Kier molecular flexibility index (Phi) is 5.47. The van der Waals surface area contributed by atoms with Gasteiger partial charge >= 0.3 is 5.97 Å². The molecule has 0 heterocycles. The van der Waals surface area contributed by atoms with Crippen LogP contribution >= 0.6 is 0 Å². The Balaban J connectivity index is 2.30. The fourth-order valence-electron chi connectivity index (χ4n) is 2.66. The molecule has 23 heavy (non-hydrogen) atoms. The molecule has 1 aromatic carbocycles. The lowest BCUT2D eigenvalue weighted by Crippen LogP contribution is -2.31. The molecule has 0 radical (unpaired) electrons. The minimum absolute atomic E-state index is 0.0951. The lowest BCUT2D eigenvalue weighted by molar-refractivity contribution is -0.121. The zero-order valence-corrected chi connectivity index (χ0v) is 14.0. The number of carbonyl (C=O) groups excluding carboxylic acids is 2. The topological polar surface area (TPSA) is 73.9 Å². The number of ether oxygens (including phenoxy) is 3. The Morgan fingerprint density at radius 3 is 2.22 bits per heavy atom. The summed E-state index contributed by atoms with van der Waals surface area (Å²) in [6.45, 7) is 1.91. The molecule has 2 rings (SSSR count). The number of methoxy groups -OCH3 is 3. The molecule has 0 saturated heterocycles. The molecule has 1 unspecified atom stereocenters. The van der Waals surface area contributed by atoms with Crippen LogP contribution in [0.4, 0.5) is 5.69 Å². The molecule has 1 fully saturated rings. The number of nitrogens with one attached hydrogen (secondary N) is 1. The van der Waals surface area contributed by atoms with Crippen LogP contribution in [0.15, 0.2) is 12.1 Å². The molecule has 1 amide bonds. The maximum atomic E-state index is 12.4. The molecule has 1 N–H and O–H groups in total. The first-order chi connectivity index (χ1) is 11.0. The molecule has 1 aliphatic carbocycles. The first kappa shape index (κ1) is 17.1. The van der Waals surface area contributed by atoms with E-state index < -0.39 is 5.97 Å². The molecule has 6 heteroatoms. The van der Waals surface area contributed by atoms with Crippen molar-refractivity contribution in [3.8, 4) is 11.5 Å². The molecule has 1 aromatic rings. The summed E-state index contributed by atoms with van der Waals surface area (Å²) >= 11 is 0. The van der Waals surface area contributed by atoms with Gasteiger partial charge in [-0.25, -0.2) is 4.79 Å². The second-order valence-corrected chi connectivity index (χ2v) is 5.71. The summed E-state index contributed by atoms with van der Waals surface area (Å²) in [5, 5.41) is 2.83. The third-order valence-corrected chi connectivity index (χ3v) is 4.46. The molecule has 126 valence electrons. The van der Waals surface area contributed by atoms with E-state index in [9.17, 15) is 9.59 Å². The normalized spacial score (nSPS) is 15.3. The Labute approximate surface area is 136 Å². The highest BCUT2D eigenvalue weighted by Gasteiger charge is 2.30. The van der Waals surface area contributed by atoms with Crippen LogP contribution in [0.1, 0.15) is 36.5 Å². The fourth-order valence-corrected chi connectivity index (χ4v) is 2.66. The van der Waals surface area contributed by atoms with E-state index in [0.29, 0.717) is 23.1 Å². The maximum Gasteiger partial charge on any atom is 0.340 e. The van der Waals surface area contributed by atoms with Crippen molar-refractivity contribution in [2.24, 2.45) is 11.8 Å². The second-order valence-electron chi connectivity index (χ2n) is 5.71. The molecule has 0 spiro atoms. The van der Waals surface area contributed by atoms with Crippen LogP contribution in [0.3, 0.4) is 0 Å². The molecular weight excluding hydrogens is 298 g/mol. The van der Waals surface area contributed by atoms with Crippen LogP contribution in [-0.4, -0.2) is 33.2 Å². The van der Waals surface area contributed by atoms with E-state index in [2.05, 4.69) is 5.32 Å². The number of carbonyl (C=O) groups is 2. The van der Waals surface area contributed by atoms with Crippen molar-refractivity contribution in [1.29, 1.82) is 0 Å². The predicted molar refractivity (Wildman–Crippen MR) is 86.0 cm³/mol. The van der Waals surface area contributed by atoms with Gasteiger partial charge in [-0.1, -0.05) is 13.3 Å². The first-order valence-corrected chi connectivity index (χ1v) is 7.67. The van der Waals surface area contributed by atoms with E-state index in [4.69, 9.17) is 14.2 Å². The number of anilines is 1. The number of esters is 1. The van der Waals surface area contributed by atoms with Crippen molar-refractivity contribution in [1.82, 2.24) is 0 Å². The van der Waals surface area contributed by atoms with E-state index in [1.165, 1.54) is 33.8 Å². The van der Waals surface area contributed by atoms with Gasteiger partial charge < -0.3 is 19.5 Å². The fraction of sp³-hybridized carbons (Fsp3) is 0.529. The number of hydrogen-bond acceptors (Lipinski definition) is 5. The highest BCUT2D eigenvalue weighted by molar-refractivity contribution is 6.02. The Morgan fingerprint density at radius 2 is 1.74 bits per heavy atom. The zero-order chi connectivity index (χ0) is 17.0. The highest BCUT2D eigenvalue weighted by Crippen LogP contribution is 2.36. The number of rotatable bonds is 6. The van der Waals surface area contributed by atoms with Gasteiger partial charge in [0, 0.05) is 18.1 Å². The van der Waals surface area contributed by atoms with Crippen LogP contribution < -0.4 is 14.8 Å². The van der Waals surface area contributed by atoms with Gasteiger partial charge in [0.05, 0.1) is 32.6 Å². The number of amides is 1. The average Bonchev–Trinajstić information content (AvgIpc) is 2.51. The van der Waals surface area contributed by atoms with E-state index in [1.54, 1.807) is 6.07 Å². The van der Waals surface area contributed by atoms with E-state index >= 15 is 0 Å². The van der Waals surface area contributed by atoms with E-state index in [0.717, 1.165) is 12.8 Å². The lowest BCUT2D eigenvalue weighted by atomic mass is 9.76. The third-order valence-electron chi connectivity index (χ3n) is 4.46. The van der Waals surface area contributed by atoms with Gasteiger partial charge in [0.2, 0.25) is 5.91 Å². The van der Waals surface area contributed by atoms with Crippen molar-refractivity contribution < 1.29 is 23.8 Å². The Hall–Kier alpha value is -2.24. The summed E-state index contributed by atoms with van der Waals surface area (Å²) in [5.41, 5.74) is 0.602. The highest BCUT2D eigenvalue weighted by atomic mass is 16.5. The molecule has 0 bridgehead atoms. The number of hydrogen-bond donors (Lipinski definition) is 1. The van der Waals surface area contributed by atoms with Crippen LogP contribution in [0.5, 0.6) is 11.5 Å². The summed E-state index contributed by atoms with van der Waals surface area (Å²) in [4.78, 5) is 24.4. The van der Waals surface area contributed by atoms with Crippen LogP contribution in [0.25, 0.3) is 0 Å². The quantitative estimate of drug-likeness (QED) is 0.816. The minimum atomic E-state index is -0.544. The maximum absolute atomic E-state index is 12.4. The summed E-state index contributed by atoms with van der Waals surface area (Å²) in [5.74, 6) is 0.508. The van der Waals surface area contributed by atoms with Gasteiger partial charge in [0.15, 0.2) is 11.5 Å². The van der Waals surface area contributed by atoms with Crippen molar-refractivity contribution in [3.63, 3.8) is 0 Å². The van der Waals surface area contributed by atoms with Gasteiger partial charge in [-0.15, -0.1) is 0 Å². The zero-order valence-electron chi connectivity index (χ0n) is 14.0. The molecule has 1 atom stereocenters. The molecule has 1 saturated carbocycles. The summed E-state index contributed by atoms with van der Waals surface area (Å²) in [7, 11) is 4.27. The van der Waals surface area contributed by atoms with E-state index in [1.807, 2.05) is 6.92 Å². The van der Waals surface area contributed by atoms with Crippen LogP contribution in [0.2, 0.25) is 0 Å². The Morgan fingerprint density at radius 1 is 1.13 bits per heavy atom. The minimum Gasteiger partial charge on any atom is -0.493 e. The lowest BCUT2D eigenvalue weighted by Gasteiger charge is -2.30. The molecular formula is C17H23NO5. The molecule has 0 aromatic heterocycles. The first-order valence-electron chi connectivity index (χ1n) is 7.67. The predicted octanol–water partition coefficient (Wildman–Crippen LogP) is 2.87. The van der Waals surface area contributed by atoms with Crippen LogP contribution in [0, 0.1) is 11.8 Å². The van der Waals surface area contributed by atoms with Crippen molar-refractivity contribution in [2.75, 3.05) is 26.6 Å². The van der Waals surface area contributed by atoms with Gasteiger partial charge in [-0.05, 0) is 18.8 Å². The Bertz CT molecular complexity index is 595. The molecule has 0 aliphatic heterocycles. The second kappa shape index (κ2) is 7.35. The summed E-state index contributed by atoms with van der Waals surface area (Å²) in [6.07, 6.45) is 3.32. The monoisotopic (exact) mass is 321 g/mol.